The Kier molecular flexibility index (Phi) is 5.61. The number of carboxylic acid groups (broad SMARTS) is 1. The van der Waals surface area contributed by atoms with Crippen molar-refractivity contribution in [1.29, 1.82) is 0 Å². The molecule has 8 heteroatoms. The van der Waals surface area contributed by atoms with Gasteiger partial charge in [-0.2, -0.15) is 0 Å². The second-order valence-corrected chi connectivity index (χ2v) is 6.90. The van der Waals surface area contributed by atoms with E-state index in [0.717, 1.165) is 11.6 Å². The van der Waals surface area contributed by atoms with Crippen LogP contribution in [-0.4, -0.2) is 40.9 Å². The van der Waals surface area contributed by atoms with Crippen LogP contribution in [0.1, 0.15) is 35.7 Å². The number of nitrogens with two attached hydrogens (primary N) is 1. The summed E-state index contributed by atoms with van der Waals surface area (Å²) in [7, 11) is 0. The molecule has 3 unspecified atom stereocenters. The standard InChI is InChI=1S/C15H20FN3O3S/c1-7-13(8(2)23-19-7)9-3-10(5-11(16)4-9)14(20)18-6-12(17)15(21)22/h3-5,7-8,12-13,19H,6,17H2,1-2H3,(H,18,20)(H,21,22)/t7?,8?,12-,13?/m1/s1. The highest BCUT2D eigenvalue weighted by atomic mass is 32.2. The number of rotatable bonds is 5. The molecule has 1 saturated heterocycles. The molecule has 1 aromatic rings. The van der Waals surface area contributed by atoms with Crippen LogP contribution in [0.25, 0.3) is 0 Å². The Balaban J connectivity index is 2.17. The lowest BCUT2D eigenvalue weighted by Gasteiger charge is -2.19. The zero-order chi connectivity index (χ0) is 17.1. The first-order valence-corrected chi connectivity index (χ1v) is 8.15. The van der Waals surface area contributed by atoms with Crippen molar-refractivity contribution >= 4 is 23.8 Å². The predicted molar refractivity (Wildman–Crippen MR) is 86.7 cm³/mol. The summed E-state index contributed by atoms with van der Waals surface area (Å²) in [5.41, 5.74) is 6.25. The first-order valence-electron chi connectivity index (χ1n) is 7.28. The summed E-state index contributed by atoms with van der Waals surface area (Å²) in [6, 6.07) is 3.19. The molecule has 4 atom stereocenters. The van der Waals surface area contributed by atoms with E-state index in [-0.39, 0.29) is 29.3 Å². The van der Waals surface area contributed by atoms with Crippen molar-refractivity contribution < 1.29 is 19.1 Å². The molecule has 6 nitrogen and oxygen atoms in total. The van der Waals surface area contributed by atoms with E-state index in [4.69, 9.17) is 10.8 Å². The van der Waals surface area contributed by atoms with Gasteiger partial charge in [-0.15, -0.1) is 0 Å². The van der Waals surface area contributed by atoms with E-state index in [1.807, 2.05) is 13.8 Å². The third kappa shape index (κ3) is 4.21. The van der Waals surface area contributed by atoms with Gasteiger partial charge in [-0.1, -0.05) is 18.9 Å². The highest BCUT2D eigenvalue weighted by molar-refractivity contribution is 7.98. The number of carboxylic acids is 1. The number of nitrogens with one attached hydrogen (secondary N) is 2. The average Bonchev–Trinajstić information content (AvgIpc) is 2.82. The van der Waals surface area contributed by atoms with Gasteiger partial charge in [0.2, 0.25) is 0 Å². The van der Waals surface area contributed by atoms with Gasteiger partial charge in [0.25, 0.3) is 5.91 Å². The smallest absolute Gasteiger partial charge is 0.322 e. The number of halogens is 1. The van der Waals surface area contributed by atoms with Crippen molar-refractivity contribution in [3.8, 4) is 0 Å². The Bertz CT molecular complexity index is 604. The Hall–Kier alpha value is -1.64. The first kappa shape index (κ1) is 17.7. The Morgan fingerprint density at radius 2 is 2.13 bits per heavy atom. The number of hydrogen-bond donors (Lipinski definition) is 4. The monoisotopic (exact) mass is 341 g/mol. The summed E-state index contributed by atoms with van der Waals surface area (Å²) >= 11 is 1.59. The van der Waals surface area contributed by atoms with E-state index >= 15 is 0 Å². The molecule has 1 heterocycles. The molecule has 126 valence electrons. The van der Waals surface area contributed by atoms with Crippen molar-refractivity contribution in [2.45, 2.75) is 37.1 Å². The third-order valence-corrected chi connectivity index (χ3v) is 5.02. The molecule has 23 heavy (non-hydrogen) atoms. The normalized spacial score (nSPS) is 25.1. The topological polar surface area (TPSA) is 104 Å². The van der Waals surface area contributed by atoms with Gasteiger partial charge in [-0.3, -0.25) is 14.3 Å². The predicted octanol–water partition coefficient (Wildman–Crippen LogP) is 1.08. The lowest BCUT2D eigenvalue weighted by atomic mass is 9.89. The Morgan fingerprint density at radius 3 is 2.70 bits per heavy atom. The fourth-order valence-corrected chi connectivity index (χ4v) is 3.77. The fraction of sp³-hybridized carbons (Fsp3) is 0.467. The molecule has 1 aliphatic rings. The minimum absolute atomic E-state index is 0.0866. The van der Waals surface area contributed by atoms with Crippen LogP contribution < -0.4 is 15.8 Å². The van der Waals surface area contributed by atoms with Crippen LogP contribution in [0.2, 0.25) is 0 Å². The largest absolute Gasteiger partial charge is 0.480 e. The maximum absolute atomic E-state index is 13.9. The van der Waals surface area contributed by atoms with Gasteiger partial charge < -0.3 is 16.2 Å². The van der Waals surface area contributed by atoms with E-state index in [0.29, 0.717) is 0 Å². The number of benzene rings is 1. The van der Waals surface area contributed by atoms with Crippen LogP contribution in [0.4, 0.5) is 4.39 Å². The number of carbonyl (C=O) groups is 2. The summed E-state index contributed by atoms with van der Waals surface area (Å²) in [6.07, 6.45) is 0. The summed E-state index contributed by atoms with van der Waals surface area (Å²) in [5.74, 6) is -2.15. The van der Waals surface area contributed by atoms with Crippen LogP contribution >= 0.6 is 11.9 Å². The Labute approximate surface area is 138 Å². The second kappa shape index (κ2) is 7.29. The summed E-state index contributed by atoms with van der Waals surface area (Å²) in [5, 5.41) is 11.4. The van der Waals surface area contributed by atoms with Gasteiger partial charge >= 0.3 is 5.97 Å². The third-order valence-electron chi connectivity index (χ3n) is 3.85. The summed E-state index contributed by atoms with van der Waals surface area (Å²) in [6.45, 7) is 3.84. The first-order chi connectivity index (χ1) is 10.8. The minimum Gasteiger partial charge on any atom is -0.480 e. The molecule has 5 N–H and O–H groups in total. The molecule has 1 aliphatic heterocycles. The second-order valence-electron chi connectivity index (χ2n) is 5.68. The van der Waals surface area contributed by atoms with E-state index in [1.165, 1.54) is 6.07 Å². The van der Waals surface area contributed by atoms with E-state index < -0.39 is 23.7 Å². The average molecular weight is 341 g/mol. The lowest BCUT2D eigenvalue weighted by molar-refractivity contribution is -0.138. The number of hydrogen-bond acceptors (Lipinski definition) is 5. The molecule has 0 saturated carbocycles. The van der Waals surface area contributed by atoms with E-state index in [9.17, 15) is 14.0 Å². The molecule has 0 spiro atoms. The van der Waals surface area contributed by atoms with Gasteiger partial charge in [0.05, 0.1) is 0 Å². The molecule has 0 bridgehead atoms. The maximum atomic E-state index is 13.9. The summed E-state index contributed by atoms with van der Waals surface area (Å²) in [4.78, 5) is 22.8. The molecule has 1 aromatic carbocycles. The lowest BCUT2D eigenvalue weighted by Crippen LogP contribution is -2.42. The van der Waals surface area contributed by atoms with Gasteiger partial charge in [-0.05, 0) is 30.7 Å². The zero-order valence-corrected chi connectivity index (χ0v) is 13.7. The number of carbonyl (C=O) groups excluding carboxylic acids is 1. The molecule has 1 amide bonds. The minimum atomic E-state index is -1.21. The molecular weight excluding hydrogens is 321 g/mol. The van der Waals surface area contributed by atoms with Crippen molar-refractivity contribution in [2.75, 3.05) is 6.54 Å². The van der Waals surface area contributed by atoms with Crippen LogP contribution in [0.3, 0.4) is 0 Å². The van der Waals surface area contributed by atoms with Crippen LogP contribution in [0, 0.1) is 5.82 Å². The quantitative estimate of drug-likeness (QED) is 0.598. The molecule has 0 aliphatic carbocycles. The van der Waals surface area contributed by atoms with Crippen LogP contribution in [0.5, 0.6) is 0 Å². The summed E-state index contributed by atoms with van der Waals surface area (Å²) < 4.78 is 17.1. The highest BCUT2D eigenvalue weighted by Gasteiger charge is 2.33. The Morgan fingerprint density at radius 1 is 1.43 bits per heavy atom. The number of aliphatic carboxylic acids is 1. The SMILES string of the molecule is CC1NSC(C)C1c1cc(F)cc(C(=O)NC[C@@H](N)C(=O)O)c1. The van der Waals surface area contributed by atoms with Crippen LogP contribution in [-0.2, 0) is 4.79 Å². The van der Waals surface area contributed by atoms with Gasteiger partial charge in [0.1, 0.15) is 11.9 Å². The molecular formula is C15H20FN3O3S. The molecule has 1 fully saturated rings. The zero-order valence-electron chi connectivity index (χ0n) is 12.9. The highest BCUT2D eigenvalue weighted by Crippen LogP contribution is 2.37. The van der Waals surface area contributed by atoms with Crippen molar-refractivity contribution in [1.82, 2.24) is 10.0 Å². The van der Waals surface area contributed by atoms with Crippen molar-refractivity contribution in [3.05, 3.63) is 35.1 Å². The van der Waals surface area contributed by atoms with Gasteiger partial charge in [0.15, 0.2) is 0 Å². The number of amides is 1. The maximum Gasteiger partial charge on any atom is 0.322 e. The van der Waals surface area contributed by atoms with Gasteiger partial charge in [-0.25, -0.2) is 4.39 Å². The van der Waals surface area contributed by atoms with Gasteiger partial charge in [0, 0.05) is 29.3 Å². The van der Waals surface area contributed by atoms with E-state index in [2.05, 4.69) is 10.0 Å². The molecule has 0 aromatic heterocycles. The van der Waals surface area contributed by atoms with Crippen LogP contribution in [0.15, 0.2) is 18.2 Å². The van der Waals surface area contributed by atoms with E-state index in [1.54, 1.807) is 18.0 Å². The molecule has 2 rings (SSSR count). The molecule has 0 radical (unpaired) electrons. The fourth-order valence-electron chi connectivity index (χ4n) is 2.66. The van der Waals surface area contributed by atoms with Crippen molar-refractivity contribution in [3.63, 3.8) is 0 Å². The van der Waals surface area contributed by atoms with Crippen molar-refractivity contribution in [2.24, 2.45) is 5.73 Å².